The molecule has 1 N–H and O–H groups in total. The monoisotopic (exact) mass is 294 g/mol. The molecule has 2 rings (SSSR count). The van der Waals surface area contributed by atoms with Crippen molar-refractivity contribution in [1.29, 1.82) is 0 Å². The third-order valence-electron chi connectivity index (χ3n) is 4.44. The third-order valence-corrected chi connectivity index (χ3v) is 4.44. The van der Waals surface area contributed by atoms with E-state index in [0.29, 0.717) is 18.5 Å². The van der Waals surface area contributed by atoms with Crippen LogP contribution < -0.4 is 5.32 Å². The van der Waals surface area contributed by atoms with Gasteiger partial charge >= 0.3 is 5.69 Å². The highest BCUT2D eigenvalue weighted by Crippen LogP contribution is 2.25. The van der Waals surface area contributed by atoms with Crippen LogP contribution in [0, 0.1) is 21.8 Å². The SMILES string of the molecule is C[C@@H](NCc1ccc([N+](=O)[O-])c(F)c1)C1CCCCCC1. The van der Waals surface area contributed by atoms with E-state index in [2.05, 4.69) is 12.2 Å². The highest BCUT2D eigenvalue weighted by molar-refractivity contribution is 5.34. The molecule has 0 amide bonds. The predicted molar refractivity (Wildman–Crippen MR) is 80.5 cm³/mol. The van der Waals surface area contributed by atoms with E-state index in [1.165, 1.54) is 50.7 Å². The molecule has 5 heteroatoms. The summed E-state index contributed by atoms with van der Waals surface area (Å²) in [6.45, 7) is 2.73. The number of benzene rings is 1. The second-order valence-corrected chi connectivity index (χ2v) is 5.96. The van der Waals surface area contributed by atoms with Gasteiger partial charge in [-0.15, -0.1) is 0 Å². The van der Waals surface area contributed by atoms with Crippen molar-refractivity contribution in [2.24, 2.45) is 5.92 Å². The van der Waals surface area contributed by atoms with Crippen LogP contribution in [0.2, 0.25) is 0 Å². The largest absolute Gasteiger partial charge is 0.310 e. The van der Waals surface area contributed by atoms with Gasteiger partial charge in [-0.3, -0.25) is 10.1 Å². The number of hydrogen-bond acceptors (Lipinski definition) is 3. The third kappa shape index (κ3) is 4.49. The number of nitrogens with zero attached hydrogens (tertiary/aromatic N) is 1. The highest BCUT2D eigenvalue weighted by atomic mass is 19.1. The molecule has 0 radical (unpaired) electrons. The van der Waals surface area contributed by atoms with E-state index in [-0.39, 0.29) is 0 Å². The van der Waals surface area contributed by atoms with Gasteiger partial charge in [-0.2, -0.15) is 4.39 Å². The minimum absolute atomic E-state index is 0.390. The number of rotatable bonds is 5. The zero-order valence-electron chi connectivity index (χ0n) is 12.5. The number of halogens is 1. The lowest BCUT2D eigenvalue weighted by atomic mass is 9.93. The van der Waals surface area contributed by atoms with Gasteiger partial charge in [0.15, 0.2) is 0 Å². The Morgan fingerprint density at radius 2 is 2.00 bits per heavy atom. The van der Waals surface area contributed by atoms with Crippen LogP contribution in [0.15, 0.2) is 18.2 Å². The maximum atomic E-state index is 13.6. The van der Waals surface area contributed by atoms with Crippen LogP contribution >= 0.6 is 0 Å². The lowest BCUT2D eigenvalue weighted by Crippen LogP contribution is -2.32. The van der Waals surface area contributed by atoms with E-state index in [1.54, 1.807) is 6.07 Å². The first-order valence-corrected chi connectivity index (χ1v) is 7.74. The molecule has 1 aromatic rings. The second-order valence-electron chi connectivity index (χ2n) is 5.96. The summed E-state index contributed by atoms with van der Waals surface area (Å²) in [5.74, 6) is -0.0863. The van der Waals surface area contributed by atoms with Gasteiger partial charge in [0, 0.05) is 18.7 Å². The molecule has 1 aliphatic carbocycles. The Kier molecular flexibility index (Phi) is 5.67. The summed E-state index contributed by atoms with van der Waals surface area (Å²) in [5.41, 5.74) is 0.286. The summed E-state index contributed by atoms with van der Waals surface area (Å²) in [6, 6.07) is 4.50. The predicted octanol–water partition coefficient (Wildman–Crippen LogP) is 4.18. The summed E-state index contributed by atoms with van der Waals surface area (Å²) in [7, 11) is 0. The smallest absolute Gasteiger partial charge is 0.304 e. The Balaban J connectivity index is 1.90. The van der Waals surface area contributed by atoms with E-state index in [4.69, 9.17) is 0 Å². The summed E-state index contributed by atoms with van der Waals surface area (Å²) in [5, 5.41) is 14.0. The van der Waals surface area contributed by atoms with Crippen molar-refractivity contribution in [2.75, 3.05) is 0 Å². The molecule has 1 aromatic carbocycles. The summed E-state index contributed by atoms with van der Waals surface area (Å²) in [6.07, 6.45) is 7.75. The average molecular weight is 294 g/mol. The van der Waals surface area contributed by atoms with Gasteiger partial charge in [-0.25, -0.2) is 0 Å². The Morgan fingerprint density at radius 3 is 2.57 bits per heavy atom. The van der Waals surface area contributed by atoms with Crippen molar-refractivity contribution in [3.05, 3.63) is 39.7 Å². The molecule has 1 atom stereocenters. The van der Waals surface area contributed by atoms with Gasteiger partial charge in [0.1, 0.15) is 0 Å². The molecule has 0 bridgehead atoms. The van der Waals surface area contributed by atoms with Crippen LogP contribution in [0.5, 0.6) is 0 Å². The van der Waals surface area contributed by atoms with E-state index in [9.17, 15) is 14.5 Å². The normalized spacial score (nSPS) is 18.2. The van der Waals surface area contributed by atoms with Gasteiger partial charge in [0.05, 0.1) is 4.92 Å². The maximum absolute atomic E-state index is 13.6. The Bertz CT molecular complexity index is 485. The van der Waals surface area contributed by atoms with Crippen LogP contribution in [-0.4, -0.2) is 11.0 Å². The minimum Gasteiger partial charge on any atom is -0.310 e. The van der Waals surface area contributed by atoms with Gasteiger partial charge in [-0.1, -0.05) is 31.7 Å². The number of nitro benzene ring substituents is 1. The Hall–Kier alpha value is -1.49. The fraction of sp³-hybridized carbons (Fsp3) is 0.625. The Labute approximate surface area is 124 Å². The zero-order valence-corrected chi connectivity index (χ0v) is 12.5. The van der Waals surface area contributed by atoms with E-state index >= 15 is 0 Å². The van der Waals surface area contributed by atoms with Crippen LogP contribution in [-0.2, 0) is 6.54 Å². The summed E-state index contributed by atoms with van der Waals surface area (Å²) in [4.78, 5) is 9.89. The van der Waals surface area contributed by atoms with Crippen molar-refractivity contribution in [2.45, 2.75) is 58.0 Å². The number of nitro groups is 1. The molecule has 0 aromatic heterocycles. The van der Waals surface area contributed by atoms with Crippen LogP contribution in [0.3, 0.4) is 0 Å². The molecule has 0 unspecified atom stereocenters. The standard InChI is InChI=1S/C16H23FN2O2/c1-12(14-6-4-2-3-5-7-14)18-11-13-8-9-16(19(20)21)15(17)10-13/h8-10,12,14,18H,2-7,11H2,1H3/t12-/m1/s1. The second kappa shape index (κ2) is 7.50. The summed E-state index contributed by atoms with van der Waals surface area (Å²) >= 11 is 0. The zero-order chi connectivity index (χ0) is 15.2. The quantitative estimate of drug-likeness (QED) is 0.503. The van der Waals surface area contributed by atoms with E-state index in [1.807, 2.05) is 0 Å². The van der Waals surface area contributed by atoms with E-state index in [0.717, 1.165) is 5.56 Å². The van der Waals surface area contributed by atoms with Crippen LogP contribution in [0.25, 0.3) is 0 Å². The molecule has 0 spiro atoms. The molecule has 1 saturated carbocycles. The number of nitrogens with one attached hydrogen (secondary N) is 1. The molecule has 0 saturated heterocycles. The van der Waals surface area contributed by atoms with Crippen molar-refractivity contribution < 1.29 is 9.31 Å². The maximum Gasteiger partial charge on any atom is 0.304 e. The van der Waals surface area contributed by atoms with Gasteiger partial charge in [0.2, 0.25) is 5.82 Å². The lowest BCUT2D eigenvalue weighted by molar-refractivity contribution is -0.387. The van der Waals surface area contributed by atoms with Crippen molar-refractivity contribution >= 4 is 5.69 Å². The first-order chi connectivity index (χ1) is 10.1. The average Bonchev–Trinajstić information content (AvgIpc) is 2.73. The van der Waals surface area contributed by atoms with Crippen molar-refractivity contribution in [3.63, 3.8) is 0 Å². The van der Waals surface area contributed by atoms with E-state index < -0.39 is 16.4 Å². The van der Waals surface area contributed by atoms with Crippen LogP contribution in [0.4, 0.5) is 10.1 Å². The lowest BCUT2D eigenvalue weighted by Gasteiger charge is -2.23. The van der Waals surface area contributed by atoms with Gasteiger partial charge in [-0.05, 0) is 37.3 Å². The fourth-order valence-corrected chi connectivity index (χ4v) is 3.06. The molecular weight excluding hydrogens is 271 g/mol. The highest BCUT2D eigenvalue weighted by Gasteiger charge is 2.19. The fourth-order valence-electron chi connectivity index (χ4n) is 3.06. The summed E-state index contributed by atoms with van der Waals surface area (Å²) < 4.78 is 13.6. The first kappa shape index (κ1) is 15.9. The molecule has 1 fully saturated rings. The molecule has 21 heavy (non-hydrogen) atoms. The van der Waals surface area contributed by atoms with Gasteiger partial charge < -0.3 is 5.32 Å². The molecule has 4 nitrogen and oxygen atoms in total. The van der Waals surface area contributed by atoms with Crippen molar-refractivity contribution in [1.82, 2.24) is 5.32 Å². The molecule has 0 aliphatic heterocycles. The molecule has 0 heterocycles. The minimum atomic E-state index is -0.763. The Morgan fingerprint density at radius 1 is 1.33 bits per heavy atom. The first-order valence-electron chi connectivity index (χ1n) is 7.74. The van der Waals surface area contributed by atoms with Gasteiger partial charge in [0.25, 0.3) is 0 Å². The molecule has 116 valence electrons. The topological polar surface area (TPSA) is 55.2 Å². The van der Waals surface area contributed by atoms with Crippen LogP contribution in [0.1, 0.15) is 51.0 Å². The molecule has 1 aliphatic rings. The number of hydrogen-bond donors (Lipinski definition) is 1. The molecular formula is C16H23FN2O2. The van der Waals surface area contributed by atoms with Crippen molar-refractivity contribution in [3.8, 4) is 0 Å².